The number of aliphatic hydroxyl groups is 2. The van der Waals surface area contributed by atoms with Gasteiger partial charge in [0.15, 0.2) is 5.60 Å². The summed E-state index contributed by atoms with van der Waals surface area (Å²) in [6.07, 6.45) is 8.88. The van der Waals surface area contributed by atoms with Gasteiger partial charge in [0.2, 0.25) is 5.78 Å². The van der Waals surface area contributed by atoms with Crippen LogP contribution < -0.4 is 0 Å². The van der Waals surface area contributed by atoms with Crippen molar-refractivity contribution in [3.05, 3.63) is 36.1 Å². The number of hydrogen-bond acceptors (Lipinski definition) is 4. The van der Waals surface area contributed by atoms with Crippen molar-refractivity contribution in [2.45, 2.75) is 38.4 Å². The van der Waals surface area contributed by atoms with Gasteiger partial charge >= 0.3 is 0 Å². The van der Waals surface area contributed by atoms with Crippen molar-refractivity contribution in [1.29, 1.82) is 0 Å². The summed E-state index contributed by atoms with van der Waals surface area (Å²) < 4.78 is 5.53. The maximum absolute atomic E-state index is 11.8. The maximum atomic E-state index is 11.8. The molecule has 18 heavy (non-hydrogen) atoms. The molecule has 0 saturated carbocycles. The molecule has 0 amide bonds. The van der Waals surface area contributed by atoms with E-state index in [1.54, 1.807) is 19.1 Å². The van der Waals surface area contributed by atoms with Gasteiger partial charge in [-0.1, -0.05) is 25.2 Å². The van der Waals surface area contributed by atoms with Crippen molar-refractivity contribution in [3.63, 3.8) is 0 Å². The fourth-order valence-electron chi connectivity index (χ4n) is 1.61. The standard InChI is InChI=1S/C14H20O4/c1-3-4-5-6-7-14(2)13(17)9-12(18-14)8-11(16)10-15/h4-7,9,11,15-16H,3,8,10H2,1-2H3/b5-4+,7-6+. The normalized spacial score (nSPS) is 25.8. The molecule has 2 atom stereocenters. The molecule has 2 N–H and O–H groups in total. The predicted octanol–water partition coefficient (Wildman–Crippen LogP) is 1.49. The summed E-state index contributed by atoms with van der Waals surface area (Å²) in [5.74, 6) is 0.261. The van der Waals surface area contributed by atoms with Gasteiger partial charge in [-0.2, -0.15) is 0 Å². The molecule has 0 fully saturated rings. The summed E-state index contributed by atoms with van der Waals surface area (Å²) in [6.45, 7) is 3.36. The lowest BCUT2D eigenvalue weighted by atomic mass is 10.0. The van der Waals surface area contributed by atoms with E-state index < -0.39 is 11.7 Å². The molecule has 100 valence electrons. The minimum atomic E-state index is -0.997. The monoisotopic (exact) mass is 252 g/mol. The van der Waals surface area contributed by atoms with Gasteiger partial charge < -0.3 is 14.9 Å². The first-order valence-electron chi connectivity index (χ1n) is 6.09. The van der Waals surface area contributed by atoms with Gasteiger partial charge in [0.25, 0.3) is 0 Å². The molecular weight excluding hydrogens is 232 g/mol. The summed E-state index contributed by atoms with van der Waals surface area (Å²) in [5.41, 5.74) is -0.997. The first-order valence-corrected chi connectivity index (χ1v) is 6.09. The Bertz CT molecular complexity index is 381. The molecule has 4 nitrogen and oxygen atoms in total. The van der Waals surface area contributed by atoms with Gasteiger partial charge in [-0.3, -0.25) is 4.79 Å². The van der Waals surface area contributed by atoms with E-state index in [0.717, 1.165) is 6.42 Å². The van der Waals surface area contributed by atoms with Gasteiger partial charge in [-0.25, -0.2) is 0 Å². The third kappa shape index (κ3) is 3.82. The van der Waals surface area contributed by atoms with Crippen LogP contribution in [0.15, 0.2) is 36.1 Å². The molecule has 0 aromatic heterocycles. The zero-order chi connectivity index (χ0) is 13.6. The van der Waals surface area contributed by atoms with E-state index in [0.29, 0.717) is 5.76 Å². The second-order valence-electron chi connectivity index (χ2n) is 4.42. The van der Waals surface area contributed by atoms with Crippen molar-refractivity contribution in [1.82, 2.24) is 0 Å². The van der Waals surface area contributed by atoms with Gasteiger partial charge in [0, 0.05) is 12.5 Å². The Hall–Kier alpha value is -1.39. The highest BCUT2D eigenvalue weighted by atomic mass is 16.5. The van der Waals surface area contributed by atoms with Crippen molar-refractivity contribution in [3.8, 4) is 0 Å². The quantitative estimate of drug-likeness (QED) is 0.703. The Morgan fingerprint density at radius 3 is 2.83 bits per heavy atom. The van der Waals surface area contributed by atoms with Crippen molar-refractivity contribution in [2.75, 3.05) is 6.61 Å². The Morgan fingerprint density at radius 1 is 1.50 bits per heavy atom. The van der Waals surface area contributed by atoms with Crippen LogP contribution in [0.1, 0.15) is 26.7 Å². The van der Waals surface area contributed by atoms with E-state index in [2.05, 4.69) is 0 Å². The molecule has 0 aliphatic carbocycles. The number of allylic oxidation sites excluding steroid dienone is 3. The topological polar surface area (TPSA) is 66.8 Å². The third-order valence-corrected chi connectivity index (χ3v) is 2.67. The van der Waals surface area contributed by atoms with Crippen LogP contribution >= 0.6 is 0 Å². The number of carbonyl (C=O) groups is 1. The summed E-state index contributed by atoms with van der Waals surface area (Å²) in [4.78, 5) is 11.8. The zero-order valence-corrected chi connectivity index (χ0v) is 10.8. The average Bonchev–Trinajstić information content (AvgIpc) is 2.60. The SMILES string of the molecule is CC/C=C/C=C/C1(C)OC(CC(O)CO)=CC1=O. The summed E-state index contributed by atoms with van der Waals surface area (Å²) in [5, 5.41) is 18.1. The fraction of sp³-hybridized carbons (Fsp3) is 0.500. The van der Waals surface area contributed by atoms with Gasteiger partial charge in [-0.05, 0) is 19.4 Å². The number of aliphatic hydroxyl groups excluding tert-OH is 2. The van der Waals surface area contributed by atoms with Crippen LogP contribution in [0.4, 0.5) is 0 Å². The van der Waals surface area contributed by atoms with Crippen LogP contribution in [-0.2, 0) is 9.53 Å². The molecule has 0 saturated heterocycles. The molecule has 0 aromatic carbocycles. The average molecular weight is 252 g/mol. The van der Waals surface area contributed by atoms with E-state index in [4.69, 9.17) is 9.84 Å². The van der Waals surface area contributed by atoms with Gasteiger partial charge in [0.1, 0.15) is 5.76 Å². The largest absolute Gasteiger partial charge is 0.479 e. The lowest BCUT2D eigenvalue weighted by Crippen LogP contribution is -2.30. The summed E-state index contributed by atoms with van der Waals surface area (Å²) in [6, 6.07) is 0. The van der Waals surface area contributed by atoms with Gasteiger partial charge in [0.05, 0.1) is 12.7 Å². The first-order chi connectivity index (χ1) is 8.51. The lowest BCUT2D eigenvalue weighted by Gasteiger charge is -2.20. The minimum Gasteiger partial charge on any atom is -0.479 e. The second-order valence-corrected chi connectivity index (χ2v) is 4.42. The highest BCUT2D eigenvalue weighted by molar-refractivity contribution is 6.00. The van der Waals surface area contributed by atoms with Gasteiger partial charge in [-0.15, -0.1) is 0 Å². The fourth-order valence-corrected chi connectivity index (χ4v) is 1.61. The second kappa shape index (κ2) is 6.52. The lowest BCUT2D eigenvalue weighted by molar-refractivity contribution is -0.124. The van der Waals surface area contributed by atoms with Crippen molar-refractivity contribution in [2.24, 2.45) is 0 Å². The number of ether oxygens (including phenoxy) is 1. The van der Waals surface area contributed by atoms with Crippen molar-refractivity contribution >= 4 is 5.78 Å². The molecule has 1 aliphatic heterocycles. The Kier molecular flexibility index (Phi) is 5.31. The van der Waals surface area contributed by atoms with E-state index in [1.807, 2.05) is 19.1 Å². The molecule has 1 aliphatic rings. The Balaban J connectivity index is 2.64. The molecule has 0 aromatic rings. The molecule has 0 radical (unpaired) electrons. The van der Waals surface area contributed by atoms with Crippen LogP contribution in [-0.4, -0.2) is 34.3 Å². The zero-order valence-electron chi connectivity index (χ0n) is 10.8. The minimum absolute atomic E-state index is 0.149. The van der Waals surface area contributed by atoms with Crippen molar-refractivity contribution < 1.29 is 19.7 Å². The highest BCUT2D eigenvalue weighted by Gasteiger charge is 2.37. The molecule has 1 rings (SSSR count). The van der Waals surface area contributed by atoms with Crippen LogP contribution in [0.2, 0.25) is 0 Å². The van der Waals surface area contributed by atoms with Crippen LogP contribution in [0.25, 0.3) is 0 Å². The van der Waals surface area contributed by atoms with Crippen LogP contribution in [0.5, 0.6) is 0 Å². The first kappa shape index (κ1) is 14.7. The highest BCUT2D eigenvalue weighted by Crippen LogP contribution is 2.28. The summed E-state index contributed by atoms with van der Waals surface area (Å²) in [7, 11) is 0. The number of carbonyl (C=O) groups excluding carboxylic acids is 1. The van der Waals surface area contributed by atoms with E-state index >= 15 is 0 Å². The molecule has 0 bridgehead atoms. The Morgan fingerprint density at radius 2 is 2.22 bits per heavy atom. The van der Waals surface area contributed by atoms with E-state index in [-0.39, 0.29) is 18.8 Å². The summed E-state index contributed by atoms with van der Waals surface area (Å²) >= 11 is 0. The molecule has 2 unspecified atom stereocenters. The number of rotatable bonds is 6. The third-order valence-electron chi connectivity index (χ3n) is 2.67. The maximum Gasteiger partial charge on any atom is 0.206 e. The molecule has 0 spiro atoms. The van der Waals surface area contributed by atoms with E-state index in [9.17, 15) is 9.90 Å². The molecular formula is C14H20O4. The predicted molar refractivity (Wildman–Crippen MR) is 68.9 cm³/mol. The molecule has 4 heteroatoms. The van der Waals surface area contributed by atoms with Crippen LogP contribution in [0, 0.1) is 0 Å². The number of ketones is 1. The smallest absolute Gasteiger partial charge is 0.206 e. The van der Waals surface area contributed by atoms with Crippen LogP contribution in [0.3, 0.4) is 0 Å². The number of hydrogen-bond donors (Lipinski definition) is 2. The van der Waals surface area contributed by atoms with E-state index in [1.165, 1.54) is 6.08 Å². The molecule has 1 heterocycles. The Labute approximate surface area is 107 Å².